The molecule has 2 aromatic heterocycles. The van der Waals surface area contributed by atoms with Gasteiger partial charge in [-0.3, -0.25) is 4.79 Å². The molecular weight excluding hydrogens is 375 g/mol. The van der Waals surface area contributed by atoms with Gasteiger partial charge in [-0.05, 0) is 57.4 Å². The van der Waals surface area contributed by atoms with Crippen molar-refractivity contribution >= 4 is 17.5 Å². The van der Waals surface area contributed by atoms with Gasteiger partial charge in [0.25, 0.3) is 0 Å². The Morgan fingerprint density at radius 1 is 1.18 bits per heavy atom. The van der Waals surface area contributed by atoms with Crippen LogP contribution in [0.2, 0.25) is 0 Å². The molecule has 0 aliphatic heterocycles. The van der Waals surface area contributed by atoms with Crippen LogP contribution in [-0.4, -0.2) is 30.9 Å². The number of aromatic nitrogens is 4. The molecule has 146 valence electrons. The zero-order valence-corrected chi connectivity index (χ0v) is 17.1. The molecule has 0 atom stereocenters. The quantitative estimate of drug-likeness (QED) is 0.434. The predicted molar refractivity (Wildman–Crippen MR) is 107 cm³/mol. The Hall–Kier alpha value is -2.41. The Labute approximate surface area is 168 Å². The fourth-order valence-electron chi connectivity index (χ4n) is 3.51. The number of carbonyl (C=O) groups excluding carboxylic acids is 1. The number of thioether (sulfide) groups is 1. The van der Waals surface area contributed by atoms with Crippen molar-refractivity contribution < 1.29 is 9.18 Å². The molecule has 0 saturated heterocycles. The van der Waals surface area contributed by atoms with Crippen molar-refractivity contribution in [2.75, 3.05) is 5.75 Å². The van der Waals surface area contributed by atoms with Crippen LogP contribution in [0.25, 0.3) is 0 Å². The summed E-state index contributed by atoms with van der Waals surface area (Å²) >= 11 is 1.46. The highest BCUT2D eigenvalue weighted by atomic mass is 32.2. The van der Waals surface area contributed by atoms with Crippen LogP contribution < -0.4 is 0 Å². The van der Waals surface area contributed by atoms with Gasteiger partial charge in [0.15, 0.2) is 10.9 Å². The first kappa shape index (κ1) is 18.9. The van der Waals surface area contributed by atoms with E-state index in [9.17, 15) is 9.18 Å². The average Bonchev–Trinajstić information content (AvgIpc) is 3.39. The third-order valence-electron chi connectivity index (χ3n) is 5.21. The fraction of sp³-hybridized carbons (Fsp3) is 0.381. The standard InChI is InChI=1S/C21H23FN4OS/c1-13-10-19(14(2)25(13)11-16-4-6-17(22)7-5-16)20(27)12-28-21-24-23-15(3)26(21)18-8-9-18/h4-7,10,18H,8-9,11-12H2,1-3H3. The van der Waals surface area contributed by atoms with Gasteiger partial charge in [-0.15, -0.1) is 10.2 Å². The summed E-state index contributed by atoms with van der Waals surface area (Å²) < 4.78 is 17.4. The van der Waals surface area contributed by atoms with E-state index in [-0.39, 0.29) is 11.6 Å². The number of benzene rings is 1. The van der Waals surface area contributed by atoms with Crippen LogP contribution in [0.15, 0.2) is 35.5 Å². The zero-order chi connectivity index (χ0) is 19.8. The van der Waals surface area contributed by atoms with Gasteiger partial charge in [0.1, 0.15) is 11.6 Å². The molecule has 5 nitrogen and oxygen atoms in total. The number of nitrogens with zero attached hydrogens (tertiary/aromatic N) is 4. The minimum absolute atomic E-state index is 0.0893. The van der Waals surface area contributed by atoms with Crippen molar-refractivity contribution in [2.24, 2.45) is 0 Å². The van der Waals surface area contributed by atoms with E-state index in [4.69, 9.17) is 0 Å². The van der Waals surface area contributed by atoms with Crippen LogP contribution in [0, 0.1) is 26.6 Å². The van der Waals surface area contributed by atoms with Gasteiger partial charge in [0, 0.05) is 29.5 Å². The topological polar surface area (TPSA) is 52.7 Å². The van der Waals surface area contributed by atoms with Gasteiger partial charge in [0.05, 0.1) is 5.75 Å². The molecule has 4 rings (SSSR count). The molecule has 2 heterocycles. The Morgan fingerprint density at radius 2 is 1.89 bits per heavy atom. The van der Waals surface area contributed by atoms with Gasteiger partial charge >= 0.3 is 0 Å². The number of rotatable bonds is 7. The Balaban J connectivity index is 1.48. The van der Waals surface area contributed by atoms with Crippen LogP contribution in [0.3, 0.4) is 0 Å². The second-order valence-corrected chi connectivity index (χ2v) is 8.28. The first-order chi connectivity index (χ1) is 13.4. The number of ketones is 1. The first-order valence-corrected chi connectivity index (χ1v) is 10.4. The summed E-state index contributed by atoms with van der Waals surface area (Å²) in [5, 5.41) is 9.23. The van der Waals surface area contributed by atoms with E-state index in [0.29, 0.717) is 18.3 Å². The van der Waals surface area contributed by atoms with Crippen molar-refractivity contribution in [2.45, 2.75) is 51.4 Å². The number of Topliss-reactive ketones (excluding diaryl/α,β-unsaturated/α-hetero) is 1. The maximum atomic E-state index is 13.1. The van der Waals surface area contributed by atoms with E-state index in [0.717, 1.165) is 46.3 Å². The largest absolute Gasteiger partial charge is 0.344 e. The molecule has 0 unspecified atom stereocenters. The number of hydrogen-bond donors (Lipinski definition) is 0. The SMILES string of the molecule is Cc1cc(C(=O)CSc2nnc(C)n2C2CC2)c(C)n1Cc1ccc(F)cc1. The van der Waals surface area contributed by atoms with E-state index in [2.05, 4.69) is 19.3 Å². The summed E-state index contributed by atoms with van der Waals surface area (Å²) in [6, 6.07) is 8.91. The first-order valence-electron chi connectivity index (χ1n) is 9.42. The molecule has 1 aliphatic carbocycles. The monoisotopic (exact) mass is 398 g/mol. The summed E-state index contributed by atoms with van der Waals surface area (Å²) in [6.07, 6.45) is 2.32. The molecule has 0 radical (unpaired) electrons. The van der Waals surface area contributed by atoms with Crippen molar-refractivity contribution in [3.63, 3.8) is 0 Å². The van der Waals surface area contributed by atoms with Crippen molar-refractivity contribution in [1.29, 1.82) is 0 Å². The Kier molecular flexibility index (Phi) is 5.10. The van der Waals surface area contributed by atoms with E-state index in [1.54, 1.807) is 12.1 Å². The van der Waals surface area contributed by atoms with Gasteiger partial charge < -0.3 is 9.13 Å². The van der Waals surface area contributed by atoms with Crippen molar-refractivity contribution in [1.82, 2.24) is 19.3 Å². The summed E-state index contributed by atoms with van der Waals surface area (Å²) in [7, 11) is 0. The summed E-state index contributed by atoms with van der Waals surface area (Å²) in [6.45, 7) is 6.53. The Morgan fingerprint density at radius 3 is 2.57 bits per heavy atom. The summed E-state index contributed by atoms with van der Waals surface area (Å²) in [4.78, 5) is 12.9. The zero-order valence-electron chi connectivity index (χ0n) is 16.3. The van der Waals surface area contributed by atoms with Gasteiger partial charge in [0.2, 0.25) is 0 Å². The highest BCUT2D eigenvalue weighted by Crippen LogP contribution is 2.38. The maximum Gasteiger partial charge on any atom is 0.191 e. The molecule has 1 fully saturated rings. The average molecular weight is 399 g/mol. The molecular formula is C21H23FN4OS. The second kappa shape index (κ2) is 7.54. The Bertz CT molecular complexity index is 1020. The lowest BCUT2D eigenvalue weighted by Gasteiger charge is -2.10. The lowest BCUT2D eigenvalue weighted by atomic mass is 10.2. The molecule has 0 N–H and O–H groups in total. The predicted octanol–water partition coefficient (Wildman–Crippen LogP) is 4.50. The smallest absolute Gasteiger partial charge is 0.191 e. The van der Waals surface area contributed by atoms with Crippen LogP contribution in [0.1, 0.15) is 52.0 Å². The molecule has 28 heavy (non-hydrogen) atoms. The van der Waals surface area contributed by atoms with Crippen LogP contribution in [0.4, 0.5) is 4.39 Å². The van der Waals surface area contributed by atoms with E-state index >= 15 is 0 Å². The normalized spacial score (nSPS) is 13.9. The number of hydrogen-bond acceptors (Lipinski definition) is 4. The summed E-state index contributed by atoms with van der Waals surface area (Å²) in [5.74, 6) is 1.10. The number of aryl methyl sites for hydroxylation is 2. The maximum absolute atomic E-state index is 13.1. The minimum atomic E-state index is -0.244. The molecule has 0 amide bonds. The molecule has 1 aromatic carbocycles. The molecule has 3 aromatic rings. The fourth-order valence-corrected chi connectivity index (χ4v) is 4.44. The highest BCUT2D eigenvalue weighted by Gasteiger charge is 2.28. The van der Waals surface area contributed by atoms with Gasteiger partial charge in [-0.1, -0.05) is 23.9 Å². The molecule has 1 saturated carbocycles. The number of halogens is 1. The summed E-state index contributed by atoms with van der Waals surface area (Å²) in [5.41, 5.74) is 3.70. The van der Waals surface area contributed by atoms with E-state index < -0.39 is 0 Å². The second-order valence-electron chi connectivity index (χ2n) is 7.34. The third-order valence-corrected chi connectivity index (χ3v) is 6.15. The van der Waals surface area contributed by atoms with Gasteiger partial charge in [-0.2, -0.15) is 0 Å². The minimum Gasteiger partial charge on any atom is -0.344 e. The highest BCUT2D eigenvalue weighted by molar-refractivity contribution is 7.99. The van der Waals surface area contributed by atoms with E-state index in [1.165, 1.54) is 23.9 Å². The molecule has 0 bridgehead atoms. The molecule has 0 spiro atoms. The number of carbonyl (C=O) groups is 1. The molecule has 7 heteroatoms. The third kappa shape index (κ3) is 3.76. The van der Waals surface area contributed by atoms with Crippen molar-refractivity contribution in [3.05, 3.63) is 64.5 Å². The van der Waals surface area contributed by atoms with Gasteiger partial charge in [-0.25, -0.2) is 4.39 Å². The van der Waals surface area contributed by atoms with Crippen molar-refractivity contribution in [3.8, 4) is 0 Å². The van der Waals surface area contributed by atoms with E-state index in [1.807, 2.05) is 26.8 Å². The van der Waals surface area contributed by atoms with Crippen LogP contribution in [0.5, 0.6) is 0 Å². The lowest BCUT2D eigenvalue weighted by molar-refractivity contribution is 0.102. The molecule has 1 aliphatic rings. The van der Waals surface area contributed by atoms with Crippen LogP contribution >= 0.6 is 11.8 Å². The lowest BCUT2D eigenvalue weighted by Crippen LogP contribution is -2.08. The van der Waals surface area contributed by atoms with Crippen LogP contribution in [-0.2, 0) is 6.54 Å².